The molecule has 0 radical (unpaired) electrons. The number of nitrogens with one attached hydrogen (secondary N) is 1. The standard InChI is InChI=1S/C13H19N.ClH/c1-10(2)11-5-7-12(8-6-11)13-4-3-9-14-13;/h5-8,10,13-14H,3-4,9H2,1-2H3;1H/t13-;/m1./s1. The highest BCUT2D eigenvalue weighted by Crippen LogP contribution is 2.24. The second-order valence-corrected chi connectivity index (χ2v) is 4.47. The monoisotopic (exact) mass is 225 g/mol. The van der Waals surface area contributed by atoms with Gasteiger partial charge in [-0.2, -0.15) is 0 Å². The quantitative estimate of drug-likeness (QED) is 0.810. The highest BCUT2D eigenvalue weighted by atomic mass is 35.5. The minimum absolute atomic E-state index is 0. The molecule has 0 aliphatic carbocycles. The Balaban J connectivity index is 0.00000112. The molecule has 1 aromatic carbocycles. The van der Waals surface area contributed by atoms with Crippen LogP contribution in [-0.4, -0.2) is 6.54 Å². The zero-order valence-electron chi connectivity index (χ0n) is 9.49. The van der Waals surface area contributed by atoms with Crippen molar-refractivity contribution in [3.63, 3.8) is 0 Å². The third kappa shape index (κ3) is 2.96. The van der Waals surface area contributed by atoms with E-state index >= 15 is 0 Å². The maximum Gasteiger partial charge on any atom is 0.0320 e. The predicted molar refractivity (Wildman–Crippen MR) is 67.8 cm³/mol. The molecule has 0 amide bonds. The molecule has 1 nitrogen and oxygen atoms in total. The maximum absolute atomic E-state index is 3.52. The van der Waals surface area contributed by atoms with Gasteiger partial charge in [-0.15, -0.1) is 12.4 Å². The summed E-state index contributed by atoms with van der Waals surface area (Å²) in [6.45, 7) is 5.66. The fourth-order valence-corrected chi connectivity index (χ4v) is 2.08. The summed E-state index contributed by atoms with van der Waals surface area (Å²) in [4.78, 5) is 0. The summed E-state index contributed by atoms with van der Waals surface area (Å²) in [6.07, 6.45) is 2.61. The minimum atomic E-state index is 0. The van der Waals surface area contributed by atoms with E-state index in [4.69, 9.17) is 0 Å². The number of halogens is 1. The number of hydrogen-bond acceptors (Lipinski definition) is 1. The van der Waals surface area contributed by atoms with Gasteiger partial charge in [0.2, 0.25) is 0 Å². The van der Waals surface area contributed by atoms with Gasteiger partial charge in [0.15, 0.2) is 0 Å². The summed E-state index contributed by atoms with van der Waals surface area (Å²) >= 11 is 0. The van der Waals surface area contributed by atoms with Gasteiger partial charge < -0.3 is 5.32 Å². The largest absolute Gasteiger partial charge is 0.310 e. The molecule has 1 heterocycles. The Morgan fingerprint density at radius 3 is 2.33 bits per heavy atom. The smallest absolute Gasteiger partial charge is 0.0320 e. The molecule has 0 aromatic heterocycles. The van der Waals surface area contributed by atoms with Crippen LogP contribution < -0.4 is 5.32 Å². The van der Waals surface area contributed by atoms with Gasteiger partial charge in [0.25, 0.3) is 0 Å². The van der Waals surface area contributed by atoms with Crippen molar-refractivity contribution < 1.29 is 0 Å². The first-order valence-corrected chi connectivity index (χ1v) is 5.60. The summed E-state index contributed by atoms with van der Waals surface area (Å²) in [7, 11) is 0. The molecule has 1 aliphatic rings. The Morgan fingerprint density at radius 1 is 1.20 bits per heavy atom. The Bertz CT molecular complexity index is 286. The van der Waals surface area contributed by atoms with E-state index in [0.717, 1.165) is 0 Å². The summed E-state index contributed by atoms with van der Waals surface area (Å²) in [5, 5.41) is 3.52. The van der Waals surface area contributed by atoms with Gasteiger partial charge in [-0.25, -0.2) is 0 Å². The molecule has 1 fully saturated rings. The van der Waals surface area contributed by atoms with Crippen LogP contribution in [0.25, 0.3) is 0 Å². The van der Waals surface area contributed by atoms with Crippen molar-refractivity contribution >= 4 is 12.4 Å². The van der Waals surface area contributed by atoms with E-state index in [1.165, 1.54) is 30.5 Å². The first-order chi connectivity index (χ1) is 6.77. The second kappa shape index (κ2) is 5.53. The second-order valence-electron chi connectivity index (χ2n) is 4.47. The topological polar surface area (TPSA) is 12.0 Å². The highest BCUT2D eigenvalue weighted by molar-refractivity contribution is 5.85. The van der Waals surface area contributed by atoms with Crippen molar-refractivity contribution in [2.45, 2.75) is 38.6 Å². The lowest BCUT2D eigenvalue weighted by Crippen LogP contribution is -2.12. The van der Waals surface area contributed by atoms with E-state index in [2.05, 4.69) is 43.4 Å². The SMILES string of the molecule is CC(C)c1ccc([C@H]2CCCN2)cc1.Cl. The van der Waals surface area contributed by atoms with Crippen LogP contribution in [0.2, 0.25) is 0 Å². The maximum atomic E-state index is 3.52. The Hall–Kier alpha value is -0.530. The van der Waals surface area contributed by atoms with Crippen molar-refractivity contribution in [1.82, 2.24) is 5.32 Å². The lowest BCUT2D eigenvalue weighted by atomic mass is 9.98. The summed E-state index contributed by atoms with van der Waals surface area (Å²) in [6, 6.07) is 9.69. The van der Waals surface area contributed by atoms with E-state index in [1.807, 2.05) is 0 Å². The van der Waals surface area contributed by atoms with Crippen LogP contribution in [0.1, 0.15) is 49.8 Å². The van der Waals surface area contributed by atoms with E-state index < -0.39 is 0 Å². The van der Waals surface area contributed by atoms with E-state index in [0.29, 0.717) is 12.0 Å². The molecule has 1 N–H and O–H groups in total. The lowest BCUT2D eigenvalue weighted by Gasteiger charge is -2.12. The molecular weight excluding hydrogens is 206 g/mol. The third-order valence-corrected chi connectivity index (χ3v) is 3.07. The molecule has 0 saturated carbocycles. The Morgan fingerprint density at radius 2 is 1.87 bits per heavy atom. The summed E-state index contributed by atoms with van der Waals surface area (Å²) in [5.41, 5.74) is 2.89. The zero-order chi connectivity index (χ0) is 9.97. The first-order valence-electron chi connectivity index (χ1n) is 5.60. The van der Waals surface area contributed by atoms with Crippen molar-refractivity contribution in [3.05, 3.63) is 35.4 Å². The van der Waals surface area contributed by atoms with Gasteiger partial charge in [0.1, 0.15) is 0 Å². The number of benzene rings is 1. The number of rotatable bonds is 2. The molecule has 0 unspecified atom stereocenters. The van der Waals surface area contributed by atoms with Crippen LogP contribution in [0.3, 0.4) is 0 Å². The normalized spacial score (nSPS) is 20.3. The molecule has 1 atom stereocenters. The van der Waals surface area contributed by atoms with Crippen molar-refractivity contribution in [2.24, 2.45) is 0 Å². The average Bonchev–Trinajstić information content (AvgIpc) is 2.71. The van der Waals surface area contributed by atoms with Crippen LogP contribution in [0.5, 0.6) is 0 Å². The zero-order valence-corrected chi connectivity index (χ0v) is 10.3. The molecule has 2 rings (SSSR count). The van der Waals surface area contributed by atoms with Crippen LogP contribution in [-0.2, 0) is 0 Å². The minimum Gasteiger partial charge on any atom is -0.310 e. The van der Waals surface area contributed by atoms with E-state index in [-0.39, 0.29) is 12.4 Å². The molecule has 0 bridgehead atoms. The highest BCUT2D eigenvalue weighted by Gasteiger charge is 2.15. The van der Waals surface area contributed by atoms with Crippen LogP contribution in [0, 0.1) is 0 Å². The fourth-order valence-electron chi connectivity index (χ4n) is 2.08. The predicted octanol–water partition coefficient (Wildman–Crippen LogP) is 3.66. The van der Waals surface area contributed by atoms with Gasteiger partial charge in [-0.3, -0.25) is 0 Å². The molecule has 0 spiro atoms. The fraction of sp³-hybridized carbons (Fsp3) is 0.538. The van der Waals surface area contributed by atoms with Crippen molar-refractivity contribution in [1.29, 1.82) is 0 Å². The Kier molecular flexibility index (Phi) is 4.62. The van der Waals surface area contributed by atoms with E-state index in [9.17, 15) is 0 Å². The molecule has 84 valence electrons. The van der Waals surface area contributed by atoms with Gasteiger partial charge in [-0.05, 0) is 36.4 Å². The summed E-state index contributed by atoms with van der Waals surface area (Å²) in [5.74, 6) is 0.639. The molecule has 1 aromatic rings. The Labute approximate surface area is 98.7 Å². The van der Waals surface area contributed by atoms with Gasteiger partial charge in [-0.1, -0.05) is 38.1 Å². The van der Waals surface area contributed by atoms with Gasteiger partial charge in [0.05, 0.1) is 0 Å². The molecule has 1 saturated heterocycles. The molecular formula is C13H20ClN. The first kappa shape index (κ1) is 12.5. The van der Waals surface area contributed by atoms with Crippen molar-refractivity contribution in [3.8, 4) is 0 Å². The lowest BCUT2D eigenvalue weighted by molar-refractivity contribution is 0.647. The molecule has 1 aliphatic heterocycles. The average molecular weight is 226 g/mol. The summed E-state index contributed by atoms with van der Waals surface area (Å²) < 4.78 is 0. The van der Waals surface area contributed by atoms with Crippen LogP contribution >= 0.6 is 12.4 Å². The third-order valence-electron chi connectivity index (χ3n) is 3.07. The van der Waals surface area contributed by atoms with Gasteiger partial charge in [0, 0.05) is 6.04 Å². The van der Waals surface area contributed by atoms with E-state index in [1.54, 1.807) is 0 Å². The number of hydrogen-bond donors (Lipinski definition) is 1. The van der Waals surface area contributed by atoms with Crippen LogP contribution in [0.4, 0.5) is 0 Å². The van der Waals surface area contributed by atoms with Crippen LogP contribution in [0.15, 0.2) is 24.3 Å². The molecule has 15 heavy (non-hydrogen) atoms. The molecule has 2 heteroatoms. The van der Waals surface area contributed by atoms with Gasteiger partial charge >= 0.3 is 0 Å². The van der Waals surface area contributed by atoms with Crippen molar-refractivity contribution in [2.75, 3.05) is 6.54 Å².